The highest BCUT2D eigenvalue weighted by molar-refractivity contribution is 6.13. The summed E-state index contributed by atoms with van der Waals surface area (Å²) < 4.78 is 4.59. The van der Waals surface area contributed by atoms with Crippen LogP contribution in [-0.2, 0) is 0 Å². The molecule has 0 amide bonds. The van der Waals surface area contributed by atoms with Gasteiger partial charge in [-0.25, -0.2) is 19.8 Å². The summed E-state index contributed by atoms with van der Waals surface area (Å²) >= 11 is 0. The van der Waals surface area contributed by atoms with Crippen molar-refractivity contribution in [3.63, 3.8) is 0 Å². The van der Waals surface area contributed by atoms with E-state index in [9.17, 15) is 5.26 Å². The van der Waals surface area contributed by atoms with Gasteiger partial charge in [-0.2, -0.15) is 5.26 Å². The number of hydrogen-bond donors (Lipinski definition) is 0. The molecule has 0 aliphatic rings. The van der Waals surface area contributed by atoms with Gasteiger partial charge in [0.25, 0.3) is 0 Å². The van der Waals surface area contributed by atoms with Crippen LogP contribution in [0.3, 0.4) is 0 Å². The average molecular weight is 1070 g/mol. The number of benzene rings is 12. The maximum absolute atomic E-state index is 10.7. The predicted octanol–water partition coefficient (Wildman–Crippen LogP) is 19.8. The molecule has 0 radical (unpaired) electrons. The number of hydrogen-bond acceptors (Lipinski definition) is 4. The van der Waals surface area contributed by atoms with Gasteiger partial charge in [0.05, 0.1) is 51.6 Å². The molecule has 3 heterocycles. The third-order valence-corrected chi connectivity index (χ3v) is 16.0. The van der Waals surface area contributed by atoms with Crippen molar-refractivity contribution in [1.29, 1.82) is 5.26 Å². The average Bonchev–Trinajstić information content (AvgIpc) is 2.11. The summed E-state index contributed by atoms with van der Waals surface area (Å²) in [7, 11) is 0. The van der Waals surface area contributed by atoms with E-state index in [1.54, 1.807) is 0 Å². The Morgan fingerprint density at radius 1 is 0.298 bits per heavy atom. The van der Waals surface area contributed by atoms with E-state index in [1.165, 1.54) is 0 Å². The van der Waals surface area contributed by atoms with E-state index in [0.29, 0.717) is 34.3 Å². The first-order valence-electron chi connectivity index (χ1n) is 27.9. The smallest absolute Gasteiger partial charge is 0.194 e. The van der Waals surface area contributed by atoms with E-state index in [1.807, 2.05) is 97.1 Å². The molecule has 0 unspecified atom stereocenters. The van der Waals surface area contributed by atoms with E-state index >= 15 is 0 Å². The lowest BCUT2D eigenvalue weighted by molar-refractivity contribution is 1.06. The normalized spacial score (nSPS) is 11.3. The van der Waals surface area contributed by atoms with Gasteiger partial charge in [0.2, 0.25) is 0 Å². The van der Waals surface area contributed by atoms with Crippen molar-refractivity contribution in [3.05, 3.63) is 302 Å². The Labute approximate surface area is 485 Å². The number of nitriles is 1. The number of nitrogens with zero attached hydrogens (tertiary/aromatic N) is 7. The van der Waals surface area contributed by atoms with Gasteiger partial charge in [0.1, 0.15) is 0 Å². The first-order valence-corrected chi connectivity index (χ1v) is 27.9. The number of aromatic nitrogens is 5. The Morgan fingerprint density at radius 2 is 0.679 bits per heavy atom. The Hall–Kier alpha value is -11.8. The molecule has 390 valence electrons. The minimum atomic E-state index is 0.426. The summed E-state index contributed by atoms with van der Waals surface area (Å²) in [5.41, 5.74) is 19.4. The zero-order chi connectivity index (χ0) is 56.1. The number of fused-ring (bicyclic) bond motifs is 6. The van der Waals surface area contributed by atoms with E-state index in [4.69, 9.17) is 21.5 Å². The monoisotopic (exact) mass is 1070 g/mol. The van der Waals surface area contributed by atoms with Crippen molar-refractivity contribution in [2.24, 2.45) is 0 Å². The second-order valence-electron chi connectivity index (χ2n) is 20.9. The molecule has 0 aliphatic heterocycles. The zero-order valence-corrected chi connectivity index (χ0v) is 45.3. The Morgan fingerprint density at radius 3 is 1.12 bits per heavy atom. The molecule has 15 aromatic rings. The highest BCUT2D eigenvalue weighted by atomic mass is 15.1. The molecule has 0 atom stereocenters. The van der Waals surface area contributed by atoms with E-state index in [0.717, 1.165) is 122 Å². The maximum Gasteiger partial charge on any atom is 0.194 e. The van der Waals surface area contributed by atoms with E-state index in [-0.39, 0.29) is 0 Å². The second kappa shape index (κ2) is 20.7. The van der Waals surface area contributed by atoms with Crippen molar-refractivity contribution in [1.82, 2.24) is 24.1 Å². The number of para-hydroxylation sites is 1. The molecule has 0 saturated heterocycles. The maximum atomic E-state index is 10.7. The third-order valence-electron chi connectivity index (χ3n) is 16.0. The lowest BCUT2D eigenvalue weighted by Crippen LogP contribution is -2.06. The summed E-state index contributed by atoms with van der Waals surface area (Å²) in [6.07, 6.45) is 0. The molecule has 0 N–H and O–H groups in total. The Bertz CT molecular complexity index is 4940. The van der Waals surface area contributed by atoms with E-state index < -0.39 is 0 Å². The van der Waals surface area contributed by atoms with E-state index in [2.05, 4.69) is 208 Å². The molecule has 7 heteroatoms. The third kappa shape index (κ3) is 8.65. The molecule has 12 aromatic carbocycles. The van der Waals surface area contributed by atoms with Crippen LogP contribution in [-0.4, -0.2) is 24.1 Å². The molecule has 0 spiro atoms. The van der Waals surface area contributed by atoms with Gasteiger partial charge in [-0.05, 0) is 134 Å². The van der Waals surface area contributed by atoms with Crippen LogP contribution in [0.1, 0.15) is 5.56 Å². The fourth-order valence-electron chi connectivity index (χ4n) is 12.0. The molecule has 0 saturated carbocycles. The van der Waals surface area contributed by atoms with Gasteiger partial charge in [-0.3, -0.25) is 0 Å². The lowest BCUT2D eigenvalue weighted by atomic mass is 9.99. The summed E-state index contributed by atoms with van der Waals surface area (Å²) in [6.45, 7) is 8.27. The summed E-state index contributed by atoms with van der Waals surface area (Å²) in [5, 5.41) is 15.0. The van der Waals surface area contributed by atoms with Crippen molar-refractivity contribution in [2.75, 3.05) is 0 Å². The van der Waals surface area contributed by atoms with Crippen LogP contribution >= 0.6 is 0 Å². The van der Waals surface area contributed by atoms with Crippen molar-refractivity contribution < 1.29 is 0 Å². The Kier molecular flexibility index (Phi) is 12.2. The molecule has 15 rings (SSSR count). The van der Waals surface area contributed by atoms with Gasteiger partial charge in [-0.15, -0.1) is 0 Å². The molecule has 84 heavy (non-hydrogen) atoms. The molecule has 0 aliphatic carbocycles. The van der Waals surface area contributed by atoms with Crippen molar-refractivity contribution >= 4 is 49.3 Å². The van der Waals surface area contributed by atoms with Crippen LogP contribution in [0, 0.1) is 17.9 Å². The minimum Gasteiger partial charge on any atom is -0.308 e. The quantitative estimate of drug-likeness (QED) is 0.128. The van der Waals surface area contributed by atoms with Crippen LogP contribution in [0.2, 0.25) is 0 Å². The predicted molar refractivity (Wildman–Crippen MR) is 343 cm³/mol. The zero-order valence-electron chi connectivity index (χ0n) is 45.3. The molecular formula is C77H47N7. The fraction of sp³-hybridized carbons (Fsp3) is 0. The Balaban J connectivity index is 1.01. The van der Waals surface area contributed by atoms with Gasteiger partial charge in [0, 0.05) is 38.2 Å². The standard InChI is InChI=1S/C77H47N7/c1-79-68-30-18-17-29-61(68)60-36-42-73(83-69-38-32-56(51-19-7-2-8-20-51)44-63(69)64-45-57(33-39-70(64)83)52-21-9-3-10-22-52)67(48-60)77-81-75(55-27-15-6-16-28-55)80-76(82-77)62-37-31-50(49-78)43-74(62)84-71-40-34-58(53-23-11-4-12-24-53)46-65(71)66-47-59(35-41-72(66)84)54-25-13-5-14-26-54/h2-48H. The number of rotatable bonds is 10. The topological polar surface area (TPSA) is 76.7 Å². The van der Waals surface area contributed by atoms with Gasteiger partial charge in [-0.1, -0.05) is 206 Å². The van der Waals surface area contributed by atoms with Crippen molar-refractivity contribution in [2.45, 2.75) is 0 Å². The molecule has 3 aromatic heterocycles. The summed E-state index contributed by atoms with van der Waals surface area (Å²) in [5.74, 6) is 1.34. The highest BCUT2D eigenvalue weighted by Gasteiger charge is 2.25. The lowest BCUT2D eigenvalue weighted by Gasteiger charge is -2.18. The summed E-state index contributed by atoms with van der Waals surface area (Å²) in [6, 6.07) is 101. The fourth-order valence-corrected chi connectivity index (χ4v) is 12.0. The van der Waals surface area contributed by atoms with Crippen LogP contribution < -0.4 is 0 Å². The minimum absolute atomic E-state index is 0.426. The largest absolute Gasteiger partial charge is 0.308 e. The van der Waals surface area contributed by atoms with Crippen LogP contribution in [0.25, 0.3) is 150 Å². The summed E-state index contributed by atoms with van der Waals surface area (Å²) in [4.78, 5) is 20.5. The van der Waals surface area contributed by atoms with Gasteiger partial charge in [0.15, 0.2) is 23.2 Å². The highest BCUT2D eigenvalue weighted by Crippen LogP contribution is 2.44. The first kappa shape index (κ1) is 49.3. The van der Waals surface area contributed by atoms with Gasteiger partial charge < -0.3 is 9.13 Å². The SMILES string of the molecule is [C-]#[N+]c1ccccc1-c1ccc(-n2c3ccc(-c4ccccc4)cc3c3cc(-c4ccccc4)ccc32)c(-c2nc(-c3ccccc3)nc(-c3ccc(C#N)cc3-n3c4ccc(-c5ccccc5)cc4c4cc(-c5ccccc5)ccc43)n2)c1. The van der Waals surface area contributed by atoms with Crippen molar-refractivity contribution in [3.8, 4) is 107 Å². The molecular weight excluding hydrogens is 1020 g/mol. The second-order valence-corrected chi connectivity index (χ2v) is 20.9. The van der Waals surface area contributed by atoms with Gasteiger partial charge >= 0.3 is 0 Å². The van der Waals surface area contributed by atoms with Crippen LogP contribution in [0.4, 0.5) is 5.69 Å². The molecule has 0 fully saturated rings. The molecule has 7 nitrogen and oxygen atoms in total. The van der Waals surface area contributed by atoms with Crippen LogP contribution in [0.5, 0.6) is 0 Å². The first-order chi connectivity index (χ1) is 41.5. The molecule has 0 bridgehead atoms. The van der Waals surface area contributed by atoms with Crippen LogP contribution in [0.15, 0.2) is 285 Å².